The summed E-state index contributed by atoms with van der Waals surface area (Å²) in [6, 6.07) is 1.85. The Kier molecular flexibility index (Phi) is 4.49. The van der Waals surface area contributed by atoms with Gasteiger partial charge in [-0.15, -0.1) is 5.10 Å². The summed E-state index contributed by atoms with van der Waals surface area (Å²) in [5, 5.41) is 15.7. The van der Waals surface area contributed by atoms with E-state index >= 15 is 0 Å². The van der Waals surface area contributed by atoms with Crippen molar-refractivity contribution in [2.45, 2.75) is 6.54 Å². The highest BCUT2D eigenvalue weighted by Gasteiger charge is 2.04. The molecule has 0 aromatic carbocycles. The van der Waals surface area contributed by atoms with Crippen molar-refractivity contribution >= 4 is 0 Å². The molecule has 0 atom stereocenters. The van der Waals surface area contributed by atoms with Crippen LogP contribution in [0.2, 0.25) is 0 Å². The predicted octanol–water partition coefficient (Wildman–Crippen LogP) is -0.335. The molecule has 0 aliphatic carbocycles. The van der Waals surface area contributed by atoms with E-state index in [1.165, 1.54) is 11.0 Å². The van der Waals surface area contributed by atoms with Gasteiger partial charge in [0.2, 0.25) is 0 Å². The number of rotatable bonds is 6. The van der Waals surface area contributed by atoms with Crippen LogP contribution in [-0.2, 0) is 11.3 Å². The van der Waals surface area contributed by atoms with Crippen LogP contribution in [0.4, 0.5) is 0 Å². The molecule has 0 unspecified atom stereocenters. The molecule has 0 saturated heterocycles. The maximum absolute atomic E-state index is 8.64. The van der Waals surface area contributed by atoms with Gasteiger partial charge in [0.05, 0.1) is 6.61 Å². The van der Waals surface area contributed by atoms with Gasteiger partial charge in [0.25, 0.3) is 11.8 Å². The molecule has 0 aliphatic rings. The Balaban J connectivity index is 1.96. The van der Waals surface area contributed by atoms with E-state index in [9.17, 15) is 0 Å². The van der Waals surface area contributed by atoms with Gasteiger partial charge in [0.1, 0.15) is 12.4 Å². The van der Waals surface area contributed by atoms with Crippen molar-refractivity contribution in [1.29, 1.82) is 5.26 Å². The molecule has 0 aliphatic heterocycles. The van der Waals surface area contributed by atoms with Crippen LogP contribution in [0.1, 0.15) is 11.4 Å². The maximum atomic E-state index is 8.64. The van der Waals surface area contributed by atoms with Gasteiger partial charge in [-0.25, -0.2) is 15.0 Å². The van der Waals surface area contributed by atoms with Gasteiger partial charge in [-0.2, -0.15) is 9.94 Å². The van der Waals surface area contributed by atoms with E-state index in [0.29, 0.717) is 19.1 Å². The summed E-state index contributed by atoms with van der Waals surface area (Å²) in [6.07, 6.45) is 4.82. The second kappa shape index (κ2) is 6.53. The first-order chi connectivity index (χ1) is 9.33. The summed E-state index contributed by atoms with van der Waals surface area (Å²) >= 11 is 0. The normalized spacial score (nSPS) is 10.3. The molecule has 0 amide bonds. The molecule has 2 aromatic rings. The molecule has 8 heteroatoms. The first kappa shape index (κ1) is 13.1. The summed E-state index contributed by atoms with van der Waals surface area (Å²) in [5.74, 6) is 0.476. The molecule has 19 heavy (non-hydrogen) atoms. The van der Waals surface area contributed by atoms with Crippen LogP contribution in [-0.4, -0.2) is 45.0 Å². The van der Waals surface area contributed by atoms with E-state index in [2.05, 4.69) is 25.4 Å². The van der Waals surface area contributed by atoms with Crippen molar-refractivity contribution < 1.29 is 4.74 Å². The van der Waals surface area contributed by atoms with Gasteiger partial charge < -0.3 is 10.1 Å². The number of nitrogens with one attached hydrogen (secondary N) is 1. The van der Waals surface area contributed by atoms with E-state index in [0.717, 1.165) is 12.1 Å². The fourth-order valence-electron chi connectivity index (χ4n) is 1.38. The molecule has 0 fully saturated rings. The molecule has 1 N–H and O–H groups in total. The fourth-order valence-corrected chi connectivity index (χ4v) is 1.38. The number of ether oxygens (including phenoxy) is 1. The Labute approximate surface area is 110 Å². The van der Waals surface area contributed by atoms with Gasteiger partial charge in [-0.3, -0.25) is 0 Å². The van der Waals surface area contributed by atoms with Crippen LogP contribution < -0.4 is 5.32 Å². The third-order valence-corrected chi connectivity index (χ3v) is 2.30. The fraction of sp³-hybridized carbons (Fsp3) is 0.364. The molecular formula is C11H13N7O. The van der Waals surface area contributed by atoms with Crippen molar-refractivity contribution in [2.75, 3.05) is 20.3 Å². The summed E-state index contributed by atoms with van der Waals surface area (Å²) in [5.41, 5.74) is 0.959. The Morgan fingerprint density at radius 1 is 1.37 bits per heavy atom. The predicted molar refractivity (Wildman–Crippen MR) is 65.2 cm³/mol. The maximum Gasteiger partial charge on any atom is 0.252 e. The molecule has 0 bridgehead atoms. The van der Waals surface area contributed by atoms with E-state index in [4.69, 9.17) is 10.00 Å². The lowest BCUT2D eigenvalue weighted by atomic mass is 10.3. The Morgan fingerprint density at radius 2 is 2.16 bits per heavy atom. The summed E-state index contributed by atoms with van der Waals surface area (Å²) in [6.45, 7) is 2.10. The van der Waals surface area contributed by atoms with E-state index < -0.39 is 0 Å². The minimum absolute atomic E-state index is 0.0916. The number of hydrogen-bond acceptors (Lipinski definition) is 7. The lowest BCUT2D eigenvalue weighted by molar-refractivity contribution is 0.199. The van der Waals surface area contributed by atoms with Gasteiger partial charge in [-0.1, -0.05) is 0 Å². The molecular weight excluding hydrogens is 246 g/mol. The lowest BCUT2D eigenvalue weighted by Gasteiger charge is -2.04. The lowest BCUT2D eigenvalue weighted by Crippen LogP contribution is -2.18. The van der Waals surface area contributed by atoms with Gasteiger partial charge >= 0.3 is 0 Å². The number of aromatic nitrogens is 5. The number of nitrogens with zero attached hydrogens (tertiary/aromatic N) is 6. The standard InChI is InChI=1S/C11H13N7O/c1-19-3-2-13-5-9-6-14-11(15-7-9)18-8-16-10(4-12)17-18/h6-8,13H,2-3,5H2,1H3. The van der Waals surface area contributed by atoms with Gasteiger partial charge in [0.15, 0.2) is 0 Å². The average molecular weight is 259 g/mol. The third kappa shape index (κ3) is 3.54. The zero-order chi connectivity index (χ0) is 13.5. The summed E-state index contributed by atoms with van der Waals surface area (Å²) < 4.78 is 6.29. The van der Waals surface area contributed by atoms with Crippen LogP contribution in [0.3, 0.4) is 0 Å². The van der Waals surface area contributed by atoms with E-state index in [1.807, 2.05) is 6.07 Å². The minimum atomic E-state index is 0.0916. The zero-order valence-corrected chi connectivity index (χ0v) is 10.4. The van der Waals surface area contributed by atoms with Crippen molar-refractivity contribution in [3.05, 3.63) is 30.1 Å². The zero-order valence-electron chi connectivity index (χ0n) is 10.4. The van der Waals surface area contributed by atoms with Crippen LogP contribution in [0.5, 0.6) is 0 Å². The van der Waals surface area contributed by atoms with Gasteiger partial charge in [-0.05, 0) is 0 Å². The van der Waals surface area contributed by atoms with Crippen LogP contribution in [0.15, 0.2) is 18.7 Å². The van der Waals surface area contributed by atoms with E-state index in [1.54, 1.807) is 19.5 Å². The molecule has 8 nitrogen and oxygen atoms in total. The smallest absolute Gasteiger partial charge is 0.252 e. The average Bonchev–Trinajstić information content (AvgIpc) is 2.93. The monoisotopic (exact) mass is 259 g/mol. The molecule has 0 radical (unpaired) electrons. The Bertz CT molecular complexity index is 557. The number of methoxy groups -OCH3 is 1. The molecule has 2 aromatic heterocycles. The first-order valence-corrected chi connectivity index (χ1v) is 5.66. The van der Waals surface area contributed by atoms with Crippen LogP contribution >= 0.6 is 0 Å². The Hall–Kier alpha value is -2.37. The molecule has 98 valence electrons. The van der Waals surface area contributed by atoms with Crippen LogP contribution in [0, 0.1) is 11.3 Å². The number of nitriles is 1. The Morgan fingerprint density at radius 3 is 2.79 bits per heavy atom. The number of hydrogen-bond donors (Lipinski definition) is 1. The second-order valence-corrected chi connectivity index (χ2v) is 3.69. The molecule has 0 spiro atoms. The topological polar surface area (TPSA) is 102 Å². The highest BCUT2D eigenvalue weighted by Crippen LogP contribution is 2.00. The van der Waals surface area contributed by atoms with Gasteiger partial charge in [0, 0.05) is 38.2 Å². The molecule has 2 heterocycles. The minimum Gasteiger partial charge on any atom is -0.383 e. The van der Waals surface area contributed by atoms with Crippen LogP contribution in [0.25, 0.3) is 5.95 Å². The summed E-state index contributed by atoms with van der Waals surface area (Å²) in [4.78, 5) is 12.1. The highest BCUT2D eigenvalue weighted by atomic mass is 16.5. The third-order valence-electron chi connectivity index (χ3n) is 2.30. The quantitative estimate of drug-likeness (QED) is 0.708. The SMILES string of the molecule is COCCNCc1cnc(-n2cnc(C#N)n2)nc1. The van der Waals surface area contributed by atoms with Crippen molar-refractivity contribution in [2.24, 2.45) is 0 Å². The first-order valence-electron chi connectivity index (χ1n) is 5.66. The molecule has 2 rings (SSSR count). The van der Waals surface area contributed by atoms with E-state index in [-0.39, 0.29) is 5.82 Å². The van der Waals surface area contributed by atoms with Crippen molar-refractivity contribution in [1.82, 2.24) is 30.0 Å². The summed E-state index contributed by atoms with van der Waals surface area (Å²) in [7, 11) is 1.66. The highest BCUT2D eigenvalue weighted by molar-refractivity contribution is 5.15. The molecule has 0 saturated carbocycles. The largest absolute Gasteiger partial charge is 0.383 e. The van der Waals surface area contributed by atoms with Crippen molar-refractivity contribution in [3.8, 4) is 12.0 Å². The van der Waals surface area contributed by atoms with Crippen molar-refractivity contribution in [3.63, 3.8) is 0 Å². The second-order valence-electron chi connectivity index (χ2n) is 3.69.